The molecule has 0 saturated heterocycles. The van der Waals surface area contributed by atoms with Crippen LogP contribution in [-0.4, -0.2) is 22.5 Å². The average Bonchev–Trinajstić information content (AvgIpc) is 2.33. The number of carbonyl (C=O) groups is 2. The van der Waals surface area contributed by atoms with Crippen LogP contribution in [-0.2, 0) is 9.59 Å². The maximum atomic E-state index is 11.8. The van der Waals surface area contributed by atoms with Crippen LogP contribution in [0.5, 0.6) is 0 Å². The van der Waals surface area contributed by atoms with E-state index >= 15 is 0 Å². The Morgan fingerprint density at radius 1 is 1.40 bits per heavy atom. The molecule has 0 aliphatic carbocycles. The van der Waals surface area contributed by atoms with E-state index in [2.05, 4.69) is 5.32 Å². The number of nitrogens with two attached hydrogens (primary N) is 1. The Kier molecular flexibility index (Phi) is 5.53. The van der Waals surface area contributed by atoms with Crippen molar-refractivity contribution in [1.29, 1.82) is 0 Å². The highest BCUT2D eigenvalue weighted by Gasteiger charge is 2.24. The smallest absolute Gasteiger partial charge is 0.330 e. The highest BCUT2D eigenvalue weighted by Crippen LogP contribution is 2.23. The van der Waals surface area contributed by atoms with Crippen molar-refractivity contribution in [2.24, 2.45) is 5.73 Å². The summed E-state index contributed by atoms with van der Waals surface area (Å²) in [5, 5.41) is 12.0. The molecule has 1 rings (SSSR count). The topological polar surface area (TPSA) is 92.4 Å². The van der Waals surface area contributed by atoms with Crippen LogP contribution in [0.15, 0.2) is 24.3 Å². The minimum absolute atomic E-state index is 0.164. The molecule has 1 amide bonds. The Hall–Kier alpha value is -1.59. The quantitative estimate of drug-likeness (QED) is 0.750. The standard InChI is InChI=1S/C14H19ClN2O3/c1-14(2,16)8-7-11(18)17-12(13(19)20)9-5-3-4-6-10(9)15/h3-6,12H,7-8,16H2,1-2H3,(H,17,18)(H,19,20)/t12-/m1/s1. The Morgan fingerprint density at radius 2 is 2.00 bits per heavy atom. The lowest BCUT2D eigenvalue weighted by Crippen LogP contribution is -2.37. The van der Waals surface area contributed by atoms with E-state index in [9.17, 15) is 14.7 Å². The van der Waals surface area contributed by atoms with Crippen LogP contribution in [0.25, 0.3) is 0 Å². The van der Waals surface area contributed by atoms with Crippen molar-refractivity contribution in [2.45, 2.75) is 38.3 Å². The maximum Gasteiger partial charge on any atom is 0.330 e. The summed E-state index contributed by atoms with van der Waals surface area (Å²) in [5.41, 5.74) is 5.68. The van der Waals surface area contributed by atoms with E-state index in [0.29, 0.717) is 17.0 Å². The molecule has 0 aromatic heterocycles. The number of nitrogens with one attached hydrogen (secondary N) is 1. The highest BCUT2D eigenvalue weighted by molar-refractivity contribution is 6.31. The van der Waals surface area contributed by atoms with E-state index in [4.69, 9.17) is 17.3 Å². The van der Waals surface area contributed by atoms with Gasteiger partial charge in [0.1, 0.15) is 0 Å². The zero-order chi connectivity index (χ0) is 15.3. The molecule has 6 heteroatoms. The van der Waals surface area contributed by atoms with Crippen LogP contribution in [0, 0.1) is 0 Å². The van der Waals surface area contributed by atoms with Crippen LogP contribution >= 0.6 is 11.6 Å². The number of carboxylic acids is 1. The van der Waals surface area contributed by atoms with Gasteiger partial charge in [0.05, 0.1) is 0 Å². The molecule has 0 heterocycles. The average molecular weight is 299 g/mol. The third-order valence-electron chi connectivity index (χ3n) is 2.76. The van der Waals surface area contributed by atoms with Crippen molar-refractivity contribution in [3.8, 4) is 0 Å². The van der Waals surface area contributed by atoms with E-state index in [0.717, 1.165) is 0 Å². The van der Waals surface area contributed by atoms with E-state index in [1.54, 1.807) is 24.3 Å². The first-order chi connectivity index (χ1) is 9.20. The second-order valence-corrected chi connectivity index (χ2v) is 5.76. The van der Waals surface area contributed by atoms with Crippen molar-refractivity contribution >= 4 is 23.5 Å². The Bertz CT molecular complexity index is 497. The van der Waals surface area contributed by atoms with Gasteiger partial charge in [0.15, 0.2) is 6.04 Å². The van der Waals surface area contributed by atoms with Gasteiger partial charge >= 0.3 is 5.97 Å². The molecular weight excluding hydrogens is 280 g/mol. The molecule has 0 aliphatic heterocycles. The fourth-order valence-electron chi connectivity index (χ4n) is 1.65. The lowest BCUT2D eigenvalue weighted by Gasteiger charge is -2.20. The molecule has 0 bridgehead atoms. The first-order valence-corrected chi connectivity index (χ1v) is 6.64. The summed E-state index contributed by atoms with van der Waals surface area (Å²) < 4.78 is 0. The van der Waals surface area contributed by atoms with E-state index in [-0.39, 0.29) is 12.3 Å². The molecule has 0 fully saturated rings. The first-order valence-electron chi connectivity index (χ1n) is 6.26. The Balaban J connectivity index is 2.77. The van der Waals surface area contributed by atoms with Crippen molar-refractivity contribution < 1.29 is 14.7 Å². The van der Waals surface area contributed by atoms with Gasteiger partial charge in [0.25, 0.3) is 0 Å². The summed E-state index contributed by atoms with van der Waals surface area (Å²) in [6.45, 7) is 3.62. The molecule has 4 N–H and O–H groups in total. The number of amides is 1. The molecule has 110 valence electrons. The predicted molar refractivity (Wildman–Crippen MR) is 77.5 cm³/mol. The summed E-state index contributed by atoms with van der Waals surface area (Å²) in [7, 11) is 0. The van der Waals surface area contributed by atoms with Crippen molar-refractivity contribution in [3.63, 3.8) is 0 Å². The minimum atomic E-state index is -1.16. The van der Waals surface area contributed by atoms with E-state index < -0.39 is 17.6 Å². The van der Waals surface area contributed by atoms with Crippen LogP contribution in [0.3, 0.4) is 0 Å². The zero-order valence-electron chi connectivity index (χ0n) is 11.5. The maximum absolute atomic E-state index is 11.8. The lowest BCUT2D eigenvalue weighted by molar-refractivity contribution is -0.142. The van der Waals surface area contributed by atoms with Gasteiger partial charge in [-0.2, -0.15) is 0 Å². The van der Waals surface area contributed by atoms with E-state index in [1.165, 1.54) is 0 Å². The van der Waals surface area contributed by atoms with Gasteiger partial charge in [0, 0.05) is 22.5 Å². The third kappa shape index (κ3) is 5.19. The highest BCUT2D eigenvalue weighted by atomic mass is 35.5. The summed E-state index contributed by atoms with van der Waals surface area (Å²) in [5.74, 6) is -1.52. The lowest BCUT2D eigenvalue weighted by atomic mass is 9.99. The molecule has 20 heavy (non-hydrogen) atoms. The predicted octanol–water partition coefficient (Wildman–Crippen LogP) is 2.10. The Labute approximate surface area is 123 Å². The molecule has 0 saturated carbocycles. The first kappa shape index (κ1) is 16.5. The molecule has 0 radical (unpaired) electrons. The molecule has 5 nitrogen and oxygen atoms in total. The number of hydrogen-bond donors (Lipinski definition) is 3. The molecule has 1 atom stereocenters. The van der Waals surface area contributed by atoms with Crippen molar-refractivity contribution in [3.05, 3.63) is 34.9 Å². The van der Waals surface area contributed by atoms with Gasteiger partial charge in [-0.05, 0) is 26.3 Å². The molecule has 0 unspecified atom stereocenters. The monoisotopic (exact) mass is 298 g/mol. The van der Waals surface area contributed by atoms with Gasteiger partial charge < -0.3 is 16.2 Å². The molecule has 0 spiro atoms. The summed E-state index contributed by atoms with van der Waals surface area (Å²) >= 11 is 5.96. The van der Waals surface area contributed by atoms with Crippen LogP contribution < -0.4 is 11.1 Å². The zero-order valence-corrected chi connectivity index (χ0v) is 12.3. The molecule has 0 aliphatic rings. The summed E-state index contributed by atoms with van der Waals surface area (Å²) in [6.07, 6.45) is 0.630. The number of aliphatic carboxylic acids is 1. The van der Waals surface area contributed by atoms with Gasteiger partial charge in [-0.1, -0.05) is 29.8 Å². The summed E-state index contributed by atoms with van der Waals surface area (Å²) in [4.78, 5) is 23.1. The molecule has 1 aromatic rings. The van der Waals surface area contributed by atoms with Gasteiger partial charge in [-0.15, -0.1) is 0 Å². The molecular formula is C14H19ClN2O3. The van der Waals surface area contributed by atoms with Crippen LogP contribution in [0.4, 0.5) is 0 Å². The van der Waals surface area contributed by atoms with Crippen LogP contribution in [0.2, 0.25) is 5.02 Å². The van der Waals surface area contributed by atoms with Crippen molar-refractivity contribution in [2.75, 3.05) is 0 Å². The normalized spacial score (nSPS) is 12.8. The van der Waals surface area contributed by atoms with Crippen molar-refractivity contribution in [1.82, 2.24) is 5.32 Å². The van der Waals surface area contributed by atoms with Gasteiger partial charge in [-0.25, -0.2) is 4.79 Å². The Morgan fingerprint density at radius 3 is 2.50 bits per heavy atom. The largest absolute Gasteiger partial charge is 0.479 e. The van der Waals surface area contributed by atoms with Gasteiger partial charge in [0.2, 0.25) is 5.91 Å². The SMILES string of the molecule is CC(C)(N)CCC(=O)N[C@@H](C(=O)O)c1ccccc1Cl. The summed E-state index contributed by atoms with van der Waals surface area (Å²) in [6, 6.07) is 5.38. The number of rotatable bonds is 6. The number of carbonyl (C=O) groups excluding carboxylic acids is 1. The fourth-order valence-corrected chi connectivity index (χ4v) is 1.90. The van der Waals surface area contributed by atoms with E-state index in [1.807, 2.05) is 13.8 Å². The second kappa shape index (κ2) is 6.72. The number of halogens is 1. The minimum Gasteiger partial charge on any atom is -0.479 e. The number of hydrogen-bond acceptors (Lipinski definition) is 3. The molecule has 1 aromatic carbocycles. The third-order valence-corrected chi connectivity index (χ3v) is 3.11. The second-order valence-electron chi connectivity index (χ2n) is 5.35. The van der Waals surface area contributed by atoms with Gasteiger partial charge in [-0.3, -0.25) is 4.79 Å². The van der Waals surface area contributed by atoms with Crippen LogP contribution in [0.1, 0.15) is 38.3 Å². The number of carboxylic acid groups (broad SMARTS) is 1. The fraction of sp³-hybridized carbons (Fsp3) is 0.429. The number of benzene rings is 1.